The first-order chi connectivity index (χ1) is 11.1. The highest BCUT2D eigenvalue weighted by molar-refractivity contribution is 6.00. The topological polar surface area (TPSA) is 83.3 Å². The van der Waals surface area contributed by atoms with Crippen LogP contribution in [0.3, 0.4) is 0 Å². The highest BCUT2D eigenvalue weighted by Gasteiger charge is 2.13. The maximum Gasteiger partial charge on any atom is 0.291 e. The number of rotatable bonds is 4. The summed E-state index contributed by atoms with van der Waals surface area (Å²) in [6.45, 7) is 3.69. The van der Waals surface area contributed by atoms with E-state index in [0.29, 0.717) is 11.5 Å². The van der Waals surface area contributed by atoms with Crippen molar-refractivity contribution in [1.82, 2.24) is 15.6 Å². The van der Waals surface area contributed by atoms with E-state index in [0.717, 1.165) is 17.0 Å². The maximum atomic E-state index is 12.1. The number of H-pyrrole nitrogens is 1. The van der Waals surface area contributed by atoms with Gasteiger partial charge in [-0.25, -0.2) is 5.43 Å². The van der Waals surface area contributed by atoms with Crippen LogP contribution in [0.1, 0.15) is 28.7 Å². The normalized spacial score (nSPS) is 11.5. The maximum absolute atomic E-state index is 12.1. The third-order valence-electron chi connectivity index (χ3n) is 3.33. The standard InChI is InChI=1S/C17H16N4O2/c1-11-8-9-16(23-11)14-10-15(20-19-14)17(22)21-18-12(2)13-6-4-3-5-7-13/h3-10H,1-2H3,(H,19,20)(H,21,22)/b18-12-. The van der Waals surface area contributed by atoms with Gasteiger partial charge in [0.2, 0.25) is 0 Å². The Hall–Kier alpha value is -3.15. The lowest BCUT2D eigenvalue weighted by molar-refractivity contribution is 0.0950. The molecule has 23 heavy (non-hydrogen) atoms. The number of nitrogens with one attached hydrogen (secondary N) is 2. The van der Waals surface area contributed by atoms with Crippen LogP contribution in [-0.4, -0.2) is 21.8 Å². The van der Waals surface area contributed by atoms with Crippen molar-refractivity contribution in [3.05, 3.63) is 65.5 Å². The van der Waals surface area contributed by atoms with E-state index < -0.39 is 0 Å². The molecule has 0 aliphatic rings. The second-order valence-electron chi connectivity index (χ2n) is 5.08. The molecule has 0 saturated carbocycles. The van der Waals surface area contributed by atoms with Gasteiger partial charge in [0.1, 0.15) is 11.5 Å². The molecule has 1 amide bonds. The van der Waals surface area contributed by atoms with Gasteiger partial charge in [0.05, 0.1) is 5.71 Å². The van der Waals surface area contributed by atoms with E-state index in [-0.39, 0.29) is 11.6 Å². The summed E-state index contributed by atoms with van der Waals surface area (Å²) in [7, 11) is 0. The number of nitrogens with zero attached hydrogens (tertiary/aromatic N) is 2. The minimum atomic E-state index is -0.383. The Kier molecular flexibility index (Phi) is 4.05. The minimum absolute atomic E-state index is 0.249. The summed E-state index contributed by atoms with van der Waals surface area (Å²) < 4.78 is 5.49. The summed E-state index contributed by atoms with van der Waals surface area (Å²) in [5.74, 6) is 1.05. The van der Waals surface area contributed by atoms with Crippen molar-refractivity contribution in [2.24, 2.45) is 5.10 Å². The molecular weight excluding hydrogens is 292 g/mol. The number of hydrogen-bond donors (Lipinski definition) is 2. The van der Waals surface area contributed by atoms with Gasteiger partial charge in [-0.05, 0) is 31.5 Å². The Morgan fingerprint density at radius 1 is 1.22 bits per heavy atom. The quantitative estimate of drug-likeness (QED) is 0.573. The Labute approximate surface area is 133 Å². The van der Waals surface area contributed by atoms with Crippen molar-refractivity contribution in [3.8, 4) is 11.5 Å². The van der Waals surface area contributed by atoms with E-state index in [1.807, 2.05) is 56.3 Å². The highest BCUT2D eigenvalue weighted by atomic mass is 16.3. The lowest BCUT2D eigenvalue weighted by Crippen LogP contribution is -2.19. The fourth-order valence-electron chi connectivity index (χ4n) is 2.08. The van der Waals surface area contributed by atoms with Crippen LogP contribution in [0, 0.1) is 6.92 Å². The van der Waals surface area contributed by atoms with Crippen LogP contribution in [0.25, 0.3) is 11.5 Å². The molecule has 0 atom stereocenters. The summed E-state index contributed by atoms with van der Waals surface area (Å²) in [4.78, 5) is 12.1. The SMILES string of the molecule is C/C(=N/NC(=O)c1cc(-c2ccc(C)o2)[nH]n1)c1ccccc1. The van der Waals surface area contributed by atoms with E-state index >= 15 is 0 Å². The number of benzene rings is 1. The Morgan fingerprint density at radius 2 is 2.00 bits per heavy atom. The number of hydrazone groups is 1. The van der Waals surface area contributed by atoms with E-state index in [9.17, 15) is 4.79 Å². The average molecular weight is 308 g/mol. The molecule has 0 radical (unpaired) electrons. The zero-order valence-electron chi connectivity index (χ0n) is 12.8. The molecule has 0 spiro atoms. The number of aromatic amines is 1. The molecule has 3 rings (SSSR count). The molecule has 0 aliphatic carbocycles. The monoisotopic (exact) mass is 308 g/mol. The Bertz CT molecular complexity index is 846. The van der Waals surface area contributed by atoms with Crippen LogP contribution in [-0.2, 0) is 0 Å². The Morgan fingerprint density at radius 3 is 2.70 bits per heavy atom. The number of aryl methyl sites for hydroxylation is 1. The molecule has 1 aromatic carbocycles. The Balaban J connectivity index is 1.71. The molecule has 0 aliphatic heterocycles. The van der Waals surface area contributed by atoms with Crippen molar-refractivity contribution in [3.63, 3.8) is 0 Å². The zero-order valence-corrected chi connectivity index (χ0v) is 12.8. The molecule has 6 nitrogen and oxygen atoms in total. The lowest BCUT2D eigenvalue weighted by atomic mass is 10.1. The molecule has 2 heterocycles. The fraction of sp³-hybridized carbons (Fsp3) is 0.118. The third-order valence-corrected chi connectivity index (χ3v) is 3.33. The first-order valence-electron chi connectivity index (χ1n) is 7.16. The molecule has 0 unspecified atom stereocenters. The molecule has 2 N–H and O–H groups in total. The van der Waals surface area contributed by atoms with Gasteiger partial charge in [-0.15, -0.1) is 0 Å². The summed E-state index contributed by atoms with van der Waals surface area (Å²) >= 11 is 0. The van der Waals surface area contributed by atoms with Crippen LogP contribution < -0.4 is 5.43 Å². The lowest BCUT2D eigenvalue weighted by Gasteiger charge is -2.00. The predicted octanol–water partition coefficient (Wildman–Crippen LogP) is 3.13. The molecular formula is C17H16N4O2. The number of carbonyl (C=O) groups is 1. The van der Waals surface area contributed by atoms with E-state index in [1.165, 1.54) is 0 Å². The number of hydrogen-bond acceptors (Lipinski definition) is 4. The van der Waals surface area contributed by atoms with E-state index in [2.05, 4.69) is 20.7 Å². The van der Waals surface area contributed by atoms with Gasteiger partial charge in [-0.3, -0.25) is 9.89 Å². The van der Waals surface area contributed by atoms with E-state index in [1.54, 1.807) is 6.07 Å². The van der Waals surface area contributed by atoms with Crippen LogP contribution in [0.4, 0.5) is 0 Å². The molecule has 0 saturated heterocycles. The second kappa shape index (κ2) is 6.31. The zero-order chi connectivity index (χ0) is 16.2. The number of carbonyl (C=O) groups excluding carboxylic acids is 1. The highest BCUT2D eigenvalue weighted by Crippen LogP contribution is 2.20. The minimum Gasteiger partial charge on any atom is -0.460 e. The number of furan rings is 1. The van der Waals surface area contributed by atoms with Gasteiger partial charge >= 0.3 is 0 Å². The average Bonchev–Trinajstić information content (AvgIpc) is 3.22. The van der Waals surface area contributed by atoms with Crippen molar-refractivity contribution >= 4 is 11.6 Å². The largest absolute Gasteiger partial charge is 0.460 e. The second-order valence-corrected chi connectivity index (χ2v) is 5.08. The van der Waals surface area contributed by atoms with Crippen molar-refractivity contribution in [1.29, 1.82) is 0 Å². The van der Waals surface area contributed by atoms with Crippen molar-refractivity contribution in [2.45, 2.75) is 13.8 Å². The summed E-state index contributed by atoms with van der Waals surface area (Å²) in [5.41, 5.74) is 5.06. The number of amides is 1. The van der Waals surface area contributed by atoms with Crippen LogP contribution in [0.5, 0.6) is 0 Å². The summed E-state index contributed by atoms with van der Waals surface area (Å²) in [6, 6.07) is 14.9. The van der Waals surface area contributed by atoms with Gasteiger partial charge in [0, 0.05) is 6.07 Å². The predicted molar refractivity (Wildman–Crippen MR) is 87.1 cm³/mol. The molecule has 3 aromatic rings. The van der Waals surface area contributed by atoms with Crippen LogP contribution in [0.15, 0.2) is 58.0 Å². The first kappa shape index (κ1) is 14.8. The fourth-order valence-corrected chi connectivity index (χ4v) is 2.08. The molecule has 6 heteroatoms. The van der Waals surface area contributed by atoms with Crippen molar-refractivity contribution < 1.29 is 9.21 Å². The molecule has 0 fully saturated rings. The summed E-state index contributed by atoms with van der Waals surface area (Å²) in [6.07, 6.45) is 0. The molecule has 0 bridgehead atoms. The van der Waals surface area contributed by atoms with Crippen molar-refractivity contribution in [2.75, 3.05) is 0 Å². The third kappa shape index (κ3) is 3.37. The van der Waals surface area contributed by atoms with Gasteiger partial charge in [-0.2, -0.15) is 10.2 Å². The van der Waals surface area contributed by atoms with Gasteiger partial charge in [-0.1, -0.05) is 30.3 Å². The van der Waals surface area contributed by atoms with Gasteiger partial charge in [0.25, 0.3) is 5.91 Å². The van der Waals surface area contributed by atoms with Crippen LogP contribution >= 0.6 is 0 Å². The van der Waals surface area contributed by atoms with Gasteiger partial charge < -0.3 is 4.42 Å². The van der Waals surface area contributed by atoms with E-state index in [4.69, 9.17) is 4.42 Å². The van der Waals surface area contributed by atoms with Gasteiger partial charge in [0.15, 0.2) is 11.5 Å². The first-order valence-corrected chi connectivity index (χ1v) is 7.16. The molecule has 2 aromatic heterocycles. The number of aromatic nitrogens is 2. The smallest absolute Gasteiger partial charge is 0.291 e. The molecule has 116 valence electrons. The van der Waals surface area contributed by atoms with Crippen LogP contribution in [0.2, 0.25) is 0 Å². The summed E-state index contributed by atoms with van der Waals surface area (Å²) in [5, 5.41) is 10.9.